The van der Waals surface area contributed by atoms with Gasteiger partial charge in [0.1, 0.15) is 5.25 Å². The van der Waals surface area contributed by atoms with Gasteiger partial charge in [-0.1, -0.05) is 48.2 Å². The summed E-state index contributed by atoms with van der Waals surface area (Å²) >= 11 is 3.09. The highest BCUT2D eigenvalue weighted by molar-refractivity contribution is 8.00. The van der Waals surface area contributed by atoms with Gasteiger partial charge in [0.05, 0.1) is 4.88 Å². The van der Waals surface area contributed by atoms with Crippen LogP contribution in [-0.2, 0) is 11.3 Å². The fraction of sp³-hybridized carbons (Fsp3) is 0.278. The number of amides is 1. The minimum atomic E-state index is -0.345. The number of hydrogen-bond acceptors (Lipinski definition) is 5. The Hall–Kier alpha value is -2.12. The van der Waals surface area contributed by atoms with Gasteiger partial charge in [-0.25, -0.2) is 0 Å². The summed E-state index contributed by atoms with van der Waals surface area (Å²) in [6, 6.07) is 13.9. The molecule has 7 heteroatoms. The van der Waals surface area contributed by atoms with Crippen LogP contribution in [0.4, 0.5) is 0 Å². The van der Waals surface area contributed by atoms with E-state index in [2.05, 4.69) is 21.7 Å². The minimum absolute atomic E-state index is 0.0412. The molecule has 0 spiro atoms. The molecule has 0 radical (unpaired) electrons. The van der Waals surface area contributed by atoms with Gasteiger partial charge in [0.15, 0.2) is 11.0 Å². The molecule has 0 aliphatic carbocycles. The number of thioether (sulfide) groups is 1. The molecule has 130 valence electrons. The normalized spacial score (nSPS) is 12.1. The molecule has 2 heterocycles. The van der Waals surface area contributed by atoms with Crippen molar-refractivity contribution in [2.24, 2.45) is 0 Å². The summed E-state index contributed by atoms with van der Waals surface area (Å²) in [5.74, 6) is 0.892. The van der Waals surface area contributed by atoms with Crippen molar-refractivity contribution in [1.82, 2.24) is 19.7 Å². The van der Waals surface area contributed by atoms with Crippen LogP contribution in [0.3, 0.4) is 0 Å². The van der Waals surface area contributed by atoms with E-state index in [1.54, 1.807) is 30.3 Å². The first-order chi connectivity index (χ1) is 12.1. The second-order valence-corrected chi connectivity index (χ2v) is 7.69. The molecule has 0 aliphatic rings. The monoisotopic (exact) mass is 372 g/mol. The standard InChI is InChI=1S/C18H20N4OS2/c1-4-22-16(14-11-8-12-24-14)19-20-18(22)25-15(17(23)21(2)3)13-9-6-5-7-10-13/h5-12,15H,4H2,1-3H3/t15-/m0/s1. The molecule has 5 nitrogen and oxygen atoms in total. The van der Waals surface area contributed by atoms with Gasteiger partial charge in [0.25, 0.3) is 0 Å². The van der Waals surface area contributed by atoms with Crippen LogP contribution in [0.5, 0.6) is 0 Å². The number of rotatable bonds is 6. The third-order valence-corrected chi connectivity index (χ3v) is 5.85. The fourth-order valence-electron chi connectivity index (χ4n) is 2.48. The van der Waals surface area contributed by atoms with Gasteiger partial charge < -0.3 is 9.47 Å². The number of carbonyl (C=O) groups excluding carboxylic acids is 1. The third kappa shape index (κ3) is 3.77. The number of carbonyl (C=O) groups is 1. The van der Waals surface area contributed by atoms with Crippen molar-refractivity contribution in [3.8, 4) is 10.7 Å². The molecule has 0 bridgehead atoms. The zero-order valence-corrected chi connectivity index (χ0v) is 16.0. The van der Waals surface area contributed by atoms with Crippen molar-refractivity contribution in [2.75, 3.05) is 14.1 Å². The average Bonchev–Trinajstić information content (AvgIpc) is 3.28. The van der Waals surface area contributed by atoms with E-state index in [-0.39, 0.29) is 11.2 Å². The molecule has 1 aromatic carbocycles. The Balaban J connectivity index is 1.96. The van der Waals surface area contributed by atoms with Gasteiger partial charge in [0, 0.05) is 20.6 Å². The van der Waals surface area contributed by atoms with Crippen molar-refractivity contribution < 1.29 is 4.79 Å². The van der Waals surface area contributed by atoms with Crippen LogP contribution in [0.1, 0.15) is 17.7 Å². The lowest BCUT2D eigenvalue weighted by atomic mass is 10.1. The Bertz CT molecular complexity index is 828. The van der Waals surface area contributed by atoms with E-state index in [9.17, 15) is 4.79 Å². The van der Waals surface area contributed by atoms with Gasteiger partial charge >= 0.3 is 0 Å². The number of benzene rings is 1. The van der Waals surface area contributed by atoms with Crippen molar-refractivity contribution in [3.63, 3.8) is 0 Å². The highest BCUT2D eigenvalue weighted by Gasteiger charge is 2.26. The van der Waals surface area contributed by atoms with E-state index in [1.807, 2.05) is 47.8 Å². The summed E-state index contributed by atoms with van der Waals surface area (Å²) in [5.41, 5.74) is 0.967. The highest BCUT2D eigenvalue weighted by Crippen LogP contribution is 2.37. The first-order valence-electron chi connectivity index (χ1n) is 8.01. The molecule has 1 atom stereocenters. The summed E-state index contributed by atoms with van der Waals surface area (Å²) in [6.07, 6.45) is 0. The molecule has 3 rings (SSSR count). The minimum Gasteiger partial charge on any atom is -0.348 e. The van der Waals surface area contributed by atoms with Crippen LogP contribution in [0.15, 0.2) is 53.0 Å². The van der Waals surface area contributed by atoms with E-state index < -0.39 is 0 Å². The quantitative estimate of drug-likeness (QED) is 0.615. The molecule has 0 aliphatic heterocycles. The first kappa shape index (κ1) is 17.7. The topological polar surface area (TPSA) is 51.0 Å². The Kier molecular flexibility index (Phi) is 5.55. The number of aromatic nitrogens is 3. The molecule has 0 saturated carbocycles. The van der Waals surface area contributed by atoms with E-state index in [1.165, 1.54) is 11.8 Å². The number of likely N-dealkylation sites (N-methyl/N-ethyl adjacent to an activating group) is 1. The van der Waals surface area contributed by atoms with Crippen LogP contribution >= 0.6 is 23.1 Å². The zero-order valence-electron chi connectivity index (χ0n) is 14.4. The Labute approximate surface area is 155 Å². The summed E-state index contributed by atoms with van der Waals surface area (Å²) in [7, 11) is 3.56. The molecule has 2 aromatic heterocycles. The lowest BCUT2D eigenvalue weighted by Gasteiger charge is -2.20. The smallest absolute Gasteiger partial charge is 0.240 e. The predicted octanol–water partition coefficient (Wildman–Crippen LogP) is 3.95. The predicted molar refractivity (Wildman–Crippen MR) is 103 cm³/mol. The molecule has 0 N–H and O–H groups in total. The van der Waals surface area contributed by atoms with Crippen LogP contribution in [0.2, 0.25) is 0 Å². The number of thiophene rings is 1. The van der Waals surface area contributed by atoms with Crippen LogP contribution in [0, 0.1) is 0 Å². The summed E-state index contributed by atoms with van der Waals surface area (Å²) < 4.78 is 2.06. The number of nitrogens with zero attached hydrogens (tertiary/aromatic N) is 4. The summed E-state index contributed by atoms with van der Waals surface area (Å²) in [6.45, 7) is 2.82. The fourth-order valence-corrected chi connectivity index (χ4v) is 4.44. The molecule has 0 fully saturated rings. The highest BCUT2D eigenvalue weighted by atomic mass is 32.2. The zero-order chi connectivity index (χ0) is 17.8. The van der Waals surface area contributed by atoms with E-state index >= 15 is 0 Å². The molecule has 0 saturated heterocycles. The lowest BCUT2D eigenvalue weighted by molar-refractivity contribution is -0.128. The van der Waals surface area contributed by atoms with E-state index in [0.29, 0.717) is 0 Å². The van der Waals surface area contributed by atoms with Gasteiger partial charge in [-0.3, -0.25) is 4.79 Å². The Morgan fingerprint density at radius 1 is 1.20 bits per heavy atom. The summed E-state index contributed by atoms with van der Waals surface area (Å²) in [5, 5.41) is 11.2. The molecule has 3 aromatic rings. The molecule has 1 amide bonds. The van der Waals surface area contributed by atoms with Crippen LogP contribution < -0.4 is 0 Å². The summed E-state index contributed by atoms with van der Waals surface area (Å²) in [4.78, 5) is 15.4. The van der Waals surface area contributed by atoms with Crippen LogP contribution in [-0.4, -0.2) is 39.7 Å². The van der Waals surface area contributed by atoms with Crippen molar-refractivity contribution >= 4 is 29.0 Å². The lowest BCUT2D eigenvalue weighted by Crippen LogP contribution is -2.27. The average molecular weight is 373 g/mol. The van der Waals surface area contributed by atoms with Crippen molar-refractivity contribution in [3.05, 3.63) is 53.4 Å². The van der Waals surface area contributed by atoms with E-state index in [4.69, 9.17) is 0 Å². The Morgan fingerprint density at radius 3 is 2.56 bits per heavy atom. The maximum absolute atomic E-state index is 12.7. The third-order valence-electron chi connectivity index (χ3n) is 3.77. The van der Waals surface area contributed by atoms with Crippen molar-refractivity contribution in [1.29, 1.82) is 0 Å². The maximum atomic E-state index is 12.7. The van der Waals surface area contributed by atoms with Gasteiger partial charge in [0.2, 0.25) is 5.91 Å². The molecular formula is C18H20N4OS2. The first-order valence-corrected chi connectivity index (χ1v) is 9.77. The second kappa shape index (κ2) is 7.84. The Morgan fingerprint density at radius 2 is 1.96 bits per heavy atom. The maximum Gasteiger partial charge on any atom is 0.240 e. The SMILES string of the molecule is CCn1c(S[C@H](C(=O)N(C)C)c2ccccc2)nnc1-c1cccs1. The van der Waals surface area contributed by atoms with Gasteiger partial charge in [-0.2, -0.15) is 0 Å². The van der Waals surface area contributed by atoms with E-state index in [0.717, 1.165) is 28.0 Å². The second-order valence-electron chi connectivity index (χ2n) is 5.67. The van der Waals surface area contributed by atoms with Gasteiger partial charge in [-0.15, -0.1) is 21.5 Å². The van der Waals surface area contributed by atoms with Crippen molar-refractivity contribution in [2.45, 2.75) is 23.9 Å². The number of hydrogen-bond donors (Lipinski definition) is 0. The largest absolute Gasteiger partial charge is 0.348 e. The van der Waals surface area contributed by atoms with Gasteiger partial charge in [-0.05, 0) is 23.9 Å². The van der Waals surface area contributed by atoms with Crippen LogP contribution in [0.25, 0.3) is 10.7 Å². The molecule has 25 heavy (non-hydrogen) atoms. The molecular weight excluding hydrogens is 352 g/mol. The molecule has 0 unspecified atom stereocenters.